The highest BCUT2D eigenvalue weighted by Gasteiger charge is 2.15. The molecule has 1 N–H and O–H groups in total. The lowest BCUT2D eigenvalue weighted by atomic mass is 10.2. The molecule has 0 atom stereocenters. The molecule has 0 radical (unpaired) electrons. The van der Waals surface area contributed by atoms with Crippen LogP contribution in [0.3, 0.4) is 0 Å². The van der Waals surface area contributed by atoms with Crippen molar-refractivity contribution in [3.05, 3.63) is 64.1 Å². The summed E-state index contributed by atoms with van der Waals surface area (Å²) in [5.74, 6) is -0.168. The van der Waals surface area contributed by atoms with E-state index in [2.05, 4.69) is 20.7 Å². The molecule has 0 aliphatic carbocycles. The van der Waals surface area contributed by atoms with Gasteiger partial charge in [-0.05, 0) is 36.8 Å². The average molecular weight is 368 g/mol. The van der Waals surface area contributed by atoms with Gasteiger partial charge in [-0.25, -0.2) is 13.1 Å². The molecule has 2 aromatic rings. The second-order valence-corrected chi connectivity index (χ2v) is 7.22. The summed E-state index contributed by atoms with van der Waals surface area (Å²) in [5.41, 5.74) is 1.22. The largest absolute Gasteiger partial charge is 0.295 e. The van der Waals surface area contributed by atoms with Gasteiger partial charge < -0.3 is 0 Å². The van der Waals surface area contributed by atoms with Crippen LogP contribution in [0.4, 0.5) is 0 Å². The number of halogens is 1. The number of benzene rings is 2. The molecule has 0 heterocycles. The van der Waals surface area contributed by atoms with Crippen molar-refractivity contribution >= 4 is 31.7 Å². The van der Waals surface area contributed by atoms with E-state index in [1.807, 2.05) is 24.3 Å². The number of hydrogen-bond acceptors (Lipinski definition) is 3. The first-order valence-electron chi connectivity index (χ1n) is 6.23. The summed E-state index contributed by atoms with van der Waals surface area (Å²) in [4.78, 5) is 11.4. The molecule has 6 heteroatoms. The van der Waals surface area contributed by atoms with Crippen LogP contribution in [0.2, 0.25) is 0 Å². The second kappa shape index (κ2) is 6.51. The number of hydrogen-bond donors (Lipinski definition) is 1. The zero-order valence-corrected chi connectivity index (χ0v) is 13.7. The fourth-order valence-corrected chi connectivity index (χ4v) is 3.30. The zero-order chi connectivity index (χ0) is 15.5. The Labute approximate surface area is 132 Å². The van der Waals surface area contributed by atoms with Gasteiger partial charge >= 0.3 is 0 Å². The number of carbonyl (C=O) groups excluding carboxylic acids is 1. The topological polar surface area (TPSA) is 63.2 Å². The normalized spacial score (nSPS) is 11.3. The fourth-order valence-electron chi connectivity index (χ4n) is 1.79. The van der Waals surface area contributed by atoms with Crippen LogP contribution >= 0.6 is 15.9 Å². The van der Waals surface area contributed by atoms with Gasteiger partial charge in [-0.2, -0.15) is 0 Å². The molecule has 2 rings (SSSR count). The van der Waals surface area contributed by atoms with Crippen LogP contribution in [0, 0.1) is 0 Å². The maximum absolute atomic E-state index is 12.2. The third kappa shape index (κ3) is 4.23. The van der Waals surface area contributed by atoms with Gasteiger partial charge in [0, 0.05) is 16.6 Å². The van der Waals surface area contributed by atoms with Gasteiger partial charge in [0.15, 0.2) is 5.78 Å². The molecule has 2 aromatic carbocycles. The molecule has 0 aromatic heterocycles. The van der Waals surface area contributed by atoms with Gasteiger partial charge in [0.1, 0.15) is 0 Å². The van der Waals surface area contributed by atoms with Crippen molar-refractivity contribution in [3.63, 3.8) is 0 Å². The predicted molar refractivity (Wildman–Crippen MR) is 84.6 cm³/mol. The number of carbonyl (C=O) groups is 1. The van der Waals surface area contributed by atoms with E-state index >= 15 is 0 Å². The molecule has 0 bridgehead atoms. The van der Waals surface area contributed by atoms with E-state index in [0.717, 1.165) is 10.0 Å². The Morgan fingerprint density at radius 1 is 1.14 bits per heavy atom. The summed E-state index contributed by atoms with van der Waals surface area (Å²) in [7, 11) is -3.64. The molecule has 0 fully saturated rings. The first kappa shape index (κ1) is 15.9. The van der Waals surface area contributed by atoms with Gasteiger partial charge in [0.05, 0.1) is 4.90 Å². The van der Waals surface area contributed by atoms with Crippen LogP contribution in [-0.2, 0) is 16.6 Å². The van der Waals surface area contributed by atoms with Crippen molar-refractivity contribution in [2.24, 2.45) is 0 Å². The molecule has 4 nitrogen and oxygen atoms in total. The third-order valence-electron chi connectivity index (χ3n) is 2.91. The van der Waals surface area contributed by atoms with Crippen molar-refractivity contribution in [3.8, 4) is 0 Å². The first-order chi connectivity index (χ1) is 9.88. The standard InChI is InChI=1S/C15H14BrNO3S/c1-11(18)13-5-3-7-15(9-13)21(19,20)17-10-12-4-2-6-14(16)8-12/h2-9,17H,10H2,1H3. The van der Waals surface area contributed by atoms with Crippen LogP contribution in [0.15, 0.2) is 57.9 Å². The number of rotatable bonds is 5. The molecule has 0 saturated heterocycles. The minimum absolute atomic E-state index is 0.0881. The highest BCUT2D eigenvalue weighted by atomic mass is 79.9. The minimum Gasteiger partial charge on any atom is -0.295 e. The summed E-state index contributed by atoms with van der Waals surface area (Å²) < 4.78 is 27.9. The van der Waals surface area contributed by atoms with E-state index in [1.54, 1.807) is 12.1 Å². The maximum atomic E-state index is 12.2. The lowest BCUT2D eigenvalue weighted by molar-refractivity contribution is 0.101. The van der Waals surface area contributed by atoms with Crippen molar-refractivity contribution in [2.45, 2.75) is 18.4 Å². The molecule has 0 unspecified atom stereocenters. The van der Waals surface area contributed by atoms with E-state index in [4.69, 9.17) is 0 Å². The maximum Gasteiger partial charge on any atom is 0.240 e. The third-order valence-corrected chi connectivity index (χ3v) is 4.80. The fraction of sp³-hybridized carbons (Fsp3) is 0.133. The van der Waals surface area contributed by atoms with Gasteiger partial charge in [-0.3, -0.25) is 4.79 Å². The highest BCUT2D eigenvalue weighted by Crippen LogP contribution is 2.14. The van der Waals surface area contributed by atoms with Crippen molar-refractivity contribution < 1.29 is 13.2 Å². The van der Waals surface area contributed by atoms with Gasteiger partial charge in [-0.1, -0.05) is 40.2 Å². The van der Waals surface area contributed by atoms with Crippen molar-refractivity contribution in [1.82, 2.24) is 4.72 Å². The molecule has 0 saturated carbocycles. The monoisotopic (exact) mass is 367 g/mol. The Morgan fingerprint density at radius 2 is 1.86 bits per heavy atom. The number of ketones is 1. The van der Waals surface area contributed by atoms with Crippen LogP contribution < -0.4 is 4.72 Å². The first-order valence-corrected chi connectivity index (χ1v) is 8.51. The van der Waals surface area contributed by atoms with Gasteiger partial charge in [-0.15, -0.1) is 0 Å². The molecule has 21 heavy (non-hydrogen) atoms. The highest BCUT2D eigenvalue weighted by molar-refractivity contribution is 9.10. The second-order valence-electron chi connectivity index (χ2n) is 4.54. The van der Waals surface area contributed by atoms with Crippen LogP contribution in [-0.4, -0.2) is 14.2 Å². The van der Waals surface area contributed by atoms with Crippen LogP contribution in [0.1, 0.15) is 22.8 Å². The Morgan fingerprint density at radius 3 is 2.52 bits per heavy atom. The summed E-state index contributed by atoms with van der Waals surface area (Å²) in [6.45, 7) is 1.59. The van der Waals surface area contributed by atoms with E-state index in [9.17, 15) is 13.2 Å². The smallest absolute Gasteiger partial charge is 0.240 e. The molecule has 0 amide bonds. The molecular weight excluding hydrogens is 354 g/mol. The van der Waals surface area contributed by atoms with E-state index in [1.165, 1.54) is 19.1 Å². The number of nitrogens with one attached hydrogen (secondary N) is 1. The SMILES string of the molecule is CC(=O)c1cccc(S(=O)(=O)NCc2cccc(Br)c2)c1. The lowest BCUT2D eigenvalue weighted by Crippen LogP contribution is -2.23. The Bertz CT molecular complexity index is 772. The molecule has 0 spiro atoms. The summed E-state index contributed by atoms with van der Waals surface area (Å²) in [6, 6.07) is 13.4. The van der Waals surface area contributed by atoms with E-state index in [0.29, 0.717) is 5.56 Å². The summed E-state index contributed by atoms with van der Waals surface area (Å²) in [5, 5.41) is 0. The van der Waals surface area contributed by atoms with Crippen molar-refractivity contribution in [2.75, 3.05) is 0 Å². The zero-order valence-electron chi connectivity index (χ0n) is 11.3. The summed E-state index contributed by atoms with van der Waals surface area (Å²) >= 11 is 3.34. The quantitative estimate of drug-likeness (QED) is 0.825. The Balaban J connectivity index is 2.19. The van der Waals surface area contributed by atoms with Crippen LogP contribution in [0.25, 0.3) is 0 Å². The van der Waals surface area contributed by atoms with Crippen LogP contribution in [0.5, 0.6) is 0 Å². The molecular formula is C15H14BrNO3S. The van der Waals surface area contributed by atoms with Gasteiger partial charge in [0.25, 0.3) is 0 Å². The average Bonchev–Trinajstić information content (AvgIpc) is 2.45. The lowest BCUT2D eigenvalue weighted by Gasteiger charge is -2.08. The van der Waals surface area contributed by atoms with E-state index < -0.39 is 10.0 Å². The Hall–Kier alpha value is -1.50. The molecule has 110 valence electrons. The molecule has 0 aliphatic heterocycles. The molecule has 0 aliphatic rings. The number of Topliss-reactive ketones (excluding diaryl/α,β-unsaturated/α-hetero) is 1. The minimum atomic E-state index is -3.64. The Kier molecular flexibility index (Phi) is 4.92. The van der Waals surface area contributed by atoms with Crippen molar-refractivity contribution in [1.29, 1.82) is 0 Å². The predicted octanol–water partition coefficient (Wildman–Crippen LogP) is 3.13. The summed E-state index contributed by atoms with van der Waals surface area (Å²) in [6.07, 6.45) is 0. The number of sulfonamides is 1. The van der Waals surface area contributed by atoms with Gasteiger partial charge in [0.2, 0.25) is 10.0 Å². The van der Waals surface area contributed by atoms with E-state index in [-0.39, 0.29) is 17.2 Å².